The third kappa shape index (κ3) is 6.00. The van der Waals surface area contributed by atoms with Gasteiger partial charge in [0.2, 0.25) is 0 Å². The van der Waals surface area contributed by atoms with Crippen molar-refractivity contribution in [3.8, 4) is 17.6 Å². The van der Waals surface area contributed by atoms with E-state index in [4.69, 9.17) is 14.7 Å². The summed E-state index contributed by atoms with van der Waals surface area (Å²) in [6.07, 6.45) is 2.35. The van der Waals surface area contributed by atoms with E-state index in [-0.39, 0.29) is 19.0 Å². The zero-order valence-corrected chi connectivity index (χ0v) is 14.1. The zero-order chi connectivity index (χ0) is 14.1. The van der Waals surface area contributed by atoms with Crippen molar-refractivity contribution in [3.63, 3.8) is 0 Å². The molecule has 0 saturated heterocycles. The Morgan fingerprint density at radius 3 is 2.75 bits per heavy atom. The largest absolute Gasteiger partial charge is 1.00 e. The van der Waals surface area contributed by atoms with Crippen molar-refractivity contribution in [1.82, 2.24) is 5.32 Å². The topological polar surface area (TPSA) is 54.3 Å². The van der Waals surface area contributed by atoms with Crippen LogP contribution in [0.1, 0.15) is 25.3 Å². The fourth-order valence-corrected chi connectivity index (χ4v) is 2.26. The SMILES string of the molecule is CCCCNCc1cc(Br)c(OCC#N)c(OC)c1.[Cl-]. The van der Waals surface area contributed by atoms with Gasteiger partial charge in [-0.1, -0.05) is 13.3 Å². The first-order valence-electron chi connectivity index (χ1n) is 6.29. The number of hydrogen-bond donors (Lipinski definition) is 1. The van der Waals surface area contributed by atoms with Crippen LogP contribution >= 0.6 is 15.9 Å². The van der Waals surface area contributed by atoms with Crippen molar-refractivity contribution >= 4 is 15.9 Å². The van der Waals surface area contributed by atoms with Crippen LogP contribution in [0.25, 0.3) is 0 Å². The molecule has 0 heterocycles. The summed E-state index contributed by atoms with van der Waals surface area (Å²) in [5, 5.41) is 11.9. The summed E-state index contributed by atoms with van der Waals surface area (Å²) in [6.45, 7) is 3.96. The summed E-state index contributed by atoms with van der Waals surface area (Å²) < 4.78 is 11.5. The monoisotopic (exact) mass is 361 g/mol. The fourth-order valence-electron chi connectivity index (χ4n) is 1.65. The molecule has 0 aromatic heterocycles. The van der Waals surface area contributed by atoms with E-state index in [0.717, 1.165) is 23.1 Å². The van der Waals surface area contributed by atoms with Crippen molar-refractivity contribution < 1.29 is 21.9 Å². The molecule has 112 valence electrons. The quantitative estimate of drug-likeness (QED) is 0.674. The smallest absolute Gasteiger partial charge is 0.176 e. The maximum Gasteiger partial charge on any atom is 0.176 e. The Hall–Kier alpha value is -0.960. The molecule has 0 bridgehead atoms. The summed E-state index contributed by atoms with van der Waals surface area (Å²) >= 11 is 3.45. The maximum atomic E-state index is 8.56. The molecule has 0 fully saturated rings. The van der Waals surface area contributed by atoms with Crippen LogP contribution in [0.2, 0.25) is 0 Å². The molecule has 0 amide bonds. The van der Waals surface area contributed by atoms with Crippen LogP contribution in [0.15, 0.2) is 16.6 Å². The first-order valence-corrected chi connectivity index (χ1v) is 7.09. The van der Waals surface area contributed by atoms with Gasteiger partial charge in [0.1, 0.15) is 6.07 Å². The van der Waals surface area contributed by atoms with Gasteiger partial charge in [-0.25, -0.2) is 0 Å². The van der Waals surface area contributed by atoms with Gasteiger partial charge in [-0.3, -0.25) is 0 Å². The van der Waals surface area contributed by atoms with E-state index in [0.29, 0.717) is 11.5 Å². The van der Waals surface area contributed by atoms with E-state index >= 15 is 0 Å². The molecular weight excluding hydrogens is 344 g/mol. The highest BCUT2D eigenvalue weighted by atomic mass is 79.9. The van der Waals surface area contributed by atoms with Crippen LogP contribution in [0.3, 0.4) is 0 Å². The molecule has 0 atom stereocenters. The number of halogens is 2. The Morgan fingerprint density at radius 1 is 1.40 bits per heavy atom. The highest BCUT2D eigenvalue weighted by Gasteiger charge is 2.11. The molecule has 20 heavy (non-hydrogen) atoms. The average molecular weight is 363 g/mol. The summed E-state index contributed by atoms with van der Waals surface area (Å²) in [5.74, 6) is 1.21. The van der Waals surface area contributed by atoms with E-state index < -0.39 is 0 Å². The minimum Gasteiger partial charge on any atom is -1.00 e. The number of methoxy groups -OCH3 is 1. The maximum absolute atomic E-state index is 8.56. The van der Waals surface area contributed by atoms with E-state index in [1.54, 1.807) is 7.11 Å². The second kappa shape index (κ2) is 10.8. The summed E-state index contributed by atoms with van der Waals surface area (Å²) in [6, 6.07) is 5.85. The highest BCUT2D eigenvalue weighted by Crippen LogP contribution is 2.36. The highest BCUT2D eigenvalue weighted by molar-refractivity contribution is 9.10. The molecule has 0 aliphatic rings. The number of rotatable bonds is 8. The number of benzene rings is 1. The minimum absolute atomic E-state index is 0. The van der Waals surface area contributed by atoms with E-state index in [9.17, 15) is 0 Å². The predicted octanol–water partition coefficient (Wildman–Crippen LogP) is 0.254. The Morgan fingerprint density at radius 2 is 2.15 bits per heavy atom. The third-order valence-electron chi connectivity index (χ3n) is 2.61. The molecule has 0 aliphatic carbocycles. The van der Waals surface area contributed by atoms with E-state index in [2.05, 4.69) is 28.2 Å². The molecule has 0 aliphatic heterocycles. The second-order valence-electron chi connectivity index (χ2n) is 4.09. The van der Waals surface area contributed by atoms with Gasteiger partial charge in [-0.05, 0) is 46.6 Å². The van der Waals surface area contributed by atoms with E-state index in [1.165, 1.54) is 12.8 Å². The van der Waals surface area contributed by atoms with Crippen molar-refractivity contribution in [2.75, 3.05) is 20.3 Å². The lowest BCUT2D eigenvalue weighted by Gasteiger charge is -2.13. The first-order chi connectivity index (χ1) is 9.22. The molecule has 0 saturated carbocycles. The summed E-state index contributed by atoms with van der Waals surface area (Å²) in [4.78, 5) is 0. The van der Waals surface area contributed by atoms with Crippen molar-refractivity contribution in [3.05, 3.63) is 22.2 Å². The minimum atomic E-state index is 0. The third-order valence-corrected chi connectivity index (χ3v) is 3.20. The van der Waals surface area contributed by atoms with Crippen LogP contribution in [-0.4, -0.2) is 20.3 Å². The lowest BCUT2D eigenvalue weighted by molar-refractivity contribution is -0.00000475. The molecule has 1 N–H and O–H groups in total. The van der Waals surface area contributed by atoms with Crippen LogP contribution in [-0.2, 0) is 6.54 Å². The van der Waals surface area contributed by atoms with Crippen molar-refractivity contribution in [2.24, 2.45) is 0 Å². The lowest BCUT2D eigenvalue weighted by atomic mass is 10.2. The second-order valence-corrected chi connectivity index (χ2v) is 4.94. The average Bonchev–Trinajstić information content (AvgIpc) is 2.42. The Bertz CT molecular complexity index is 450. The summed E-state index contributed by atoms with van der Waals surface area (Å²) in [5.41, 5.74) is 1.11. The standard InChI is InChI=1S/C14H19BrN2O2.ClH/c1-3-4-6-17-10-11-8-12(15)14(19-7-5-16)13(9-11)18-2;/h8-9,17H,3-4,6-7,10H2,1-2H3;1H/p-1. The fraction of sp³-hybridized carbons (Fsp3) is 0.500. The van der Waals surface area contributed by atoms with E-state index in [1.807, 2.05) is 18.2 Å². The molecule has 4 nitrogen and oxygen atoms in total. The zero-order valence-electron chi connectivity index (χ0n) is 11.7. The van der Waals surface area contributed by atoms with Crippen molar-refractivity contribution in [1.29, 1.82) is 5.26 Å². The molecule has 1 aromatic carbocycles. The first kappa shape index (κ1) is 19.0. The number of nitrogens with one attached hydrogen (secondary N) is 1. The molecule has 0 spiro atoms. The van der Waals surface area contributed by atoms with Gasteiger partial charge in [0.05, 0.1) is 11.6 Å². The summed E-state index contributed by atoms with van der Waals surface area (Å²) in [7, 11) is 1.59. The van der Waals surface area contributed by atoms with Gasteiger partial charge in [0, 0.05) is 6.54 Å². The molecule has 0 unspecified atom stereocenters. The van der Waals surface area contributed by atoms with Crippen LogP contribution < -0.4 is 27.2 Å². The van der Waals surface area contributed by atoms with Crippen LogP contribution in [0.4, 0.5) is 0 Å². The van der Waals surface area contributed by atoms with Crippen LogP contribution in [0.5, 0.6) is 11.5 Å². The lowest BCUT2D eigenvalue weighted by Crippen LogP contribution is -3.00. The van der Waals surface area contributed by atoms with Gasteiger partial charge in [0.15, 0.2) is 18.1 Å². The number of nitrogens with zero attached hydrogens (tertiary/aromatic N) is 1. The van der Waals surface area contributed by atoms with Crippen molar-refractivity contribution in [2.45, 2.75) is 26.3 Å². The molecule has 1 aromatic rings. The number of ether oxygens (including phenoxy) is 2. The number of nitriles is 1. The van der Waals surface area contributed by atoms with Gasteiger partial charge < -0.3 is 27.2 Å². The molecule has 6 heteroatoms. The number of unbranched alkanes of at least 4 members (excludes halogenated alkanes) is 1. The Labute approximate surface area is 135 Å². The van der Waals surface area contributed by atoms with Gasteiger partial charge >= 0.3 is 0 Å². The molecular formula is C14H19BrClN2O2-. The van der Waals surface area contributed by atoms with Gasteiger partial charge in [0.25, 0.3) is 0 Å². The number of hydrogen-bond acceptors (Lipinski definition) is 4. The van der Waals surface area contributed by atoms with Crippen LogP contribution in [0, 0.1) is 11.3 Å². The normalized spacial score (nSPS) is 9.50. The Kier molecular flexibility index (Phi) is 10.3. The predicted molar refractivity (Wildman–Crippen MR) is 78.4 cm³/mol. The van der Waals surface area contributed by atoms with Gasteiger partial charge in [-0.2, -0.15) is 5.26 Å². The Balaban J connectivity index is 0.00000361. The molecule has 0 radical (unpaired) electrons. The molecule has 1 rings (SSSR count). The van der Waals surface area contributed by atoms with Gasteiger partial charge in [-0.15, -0.1) is 0 Å².